The normalized spacial score (nSPS) is 12.2. The molecule has 12 heteroatoms. The topological polar surface area (TPSA) is 132 Å². The maximum absolute atomic E-state index is 12.6. The van der Waals surface area contributed by atoms with Crippen LogP contribution in [0.25, 0.3) is 0 Å². The molecule has 0 bridgehead atoms. The number of allylic oxidation sites excluding steroid dienone is 1. The van der Waals surface area contributed by atoms with E-state index in [-0.39, 0.29) is 16.8 Å². The number of aromatic nitrogens is 5. The van der Waals surface area contributed by atoms with E-state index in [1.807, 2.05) is 11.5 Å². The standard InChI is InChI=1S/C19H21N7O3S2/c1-4-12-26-14(3)23-24-19(26)30-13(2)17(27)22-15-6-8-16(9-7-15)31(28,29)25-18-20-10-5-11-21-18/h4-11,13H,1,12H2,2-3H3,(H,22,27)(H,20,21,25). The van der Waals surface area contributed by atoms with E-state index in [0.717, 1.165) is 5.82 Å². The molecule has 0 fully saturated rings. The number of sulfonamides is 1. The van der Waals surface area contributed by atoms with Crippen molar-refractivity contribution in [2.24, 2.45) is 0 Å². The van der Waals surface area contributed by atoms with Crippen LogP contribution in [0, 0.1) is 6.92 Å². The summed E-state index contributed by atoms with van der Waals surface area (Å²) >= 11 is 1.28. The number of carbonyl (C=O) groups is 1. The van der Waals surface area contributed by atoms with Crippen molar-refractivity contribution < 1.29 is 13.2 Å². The van der Waals surface area contributed by atoms with Crippen LogP contribution in [0.2, 0.25) is 0 Å². The van der Waals surface area contributed by atoms with E-state index in [0.29, 0.717) is 17.4 Å². The molecule has 2 aromatic heterocycles. The number of anilines is 2. The summed E-state index contributed by atoms with van der Waals surface area (Å²) in [5, 5.41) is 11.1. The number of carbonyl (C=O) groups excluding carboxylic acids is 1. The van der Waals surface area contributed by atoms with Crippen LogP contribution in [0.4, 0.5) is 11.6 Å². The van der Waals surface area contributed by atoms with Crippen molar-refractivity contribution in [3.05, 3.63) is 61.2 Å². The van der Waals surface area contributed by atoms with Crippen LogP contribution in [0.1, 0.15) is 12.7 Å². The number of aryl methyl sites for hydroxylation is 1. The fourth-order valence-electron chi connectivity index (χ4n) is 2.49. The number of benzene rings is 1. The van der Waals surface area contributed by atoms with E-state index >= 15 is 0 Å². The summed E-state index contributed by atoms with van der Waals surface area (Å²) in [6.07, 6.45) is 4.60. The first-order valence-electron chi connectivity index (χ1n) is 9.18. The minimum absolute atomic E-state index is 0.0216. The quantitative estimate of drug-likeness (QED) is 0.368. The van der Waals surface area contributed by atoms with Gasteiger partial charge in [-0.05, 0) is 44.2 Å². The summed E-state index contributed by atoms with van der Waals surface area (Å²) in [5.41, 5.74) is 0.469. The highest BCUT2D eigenvalue weighted by atomic mass is 32.2. The molecule has 10 nitrogen and oxygen atoms in total. The Labute approximate surface area is 184 Å². The van der Waals surface area contributed by atoms with E-state index in [1.54, 1.807) is 19.1 Å². The third kappa shape index (κ3) is 5.67. The van der Waals surface area contributed by atoms with Gasteiger partial charge in [0.15, 0.2) is 5.16 Å². The van der Waals surface area contributed by atoms with Gasteiger partial charge in [0, 0.05) is 24.6 Å². The third-order valence-corrected chi connectivity index (χ3v) is 6.51. The van der Waals surface area contributed by atoms with Gasteiger partial charge in [-0.15, -0.1) is 16.8 Å². The summed E-state index contributed by atoms with van der Waals surface area (Å²) in [7, 11) is -3.84. The predicted octanol–water partition coefficient (Wildman–Crippen LogP) is 2.48. The molecule has 0 spiro atoms. The minimum atomic E-state index is -3.84. The summed E-state index contributed by atoms with van der Waals surface area (Å²) in [6, 6.07) is 7.39. The zero-order chi connectivity index (χ0) is 22.4. The lowest BCUT2D eigenvalue weighted by Gasteiger charge is -2.13. The summed E-state index contributed by atoms with van der Waals surface area (Å²) < 4.78 is 29.0. The second kappa shape index (κ2) is 9.71. The fraction of sp³-hybridized carbons (Fsp3) is 0.211. The van der Waals surface area contributed by atoms with Crippen molar-refractivity contribution in [1.82, 2.24) is 24.7 Å². The van der Waals surface area contributed by atoms with Crippen LogP contribution >= 0.6 is 11.8 Å². The molecule has 1 aromatic carbocycles. The fourth-order valence-corrected chi connectivity index (χ4v) is 4.35. The Kier molecular flexibility index (Phi) is 7.02. The molecule has 0 aliphatic heterocycles. The second-order valence-corrected chi connectivity index (χ2v) is 9.37. The monoisotopic (exact) mass is 459 g/mol. The van der Waals surface area contributed by atoms with Crippen molar-refractivity contribution >= 4 is 39.3 Å². The summed E-state index contributed by atoms with van der Waals surface area (Å²) in [6.45, 7) is 7.85. The van der Waals surface area contributed by atoms with Gasteiger partial charge >= 0.3 is 0 Å². The van der Waals surface area contributed by atoms with Crippen LogP contribution in [0.15, 0.2) is 65.4 Å². The van der Waals surface area contributed by atoms with Crippen molar-refractivity contribution in [3.8, 4) is 0 Å². The molecule has 3 aromatic rings. The molecule has 0 radical (unpaired) electrons. The molecular formula is C19H21N7O3S2. The smallest absolute Gasteiger partial charge is 0.264 e. The highest BCUT2D eigenvalue weighted by molar-refractivity contribution is 8.00. The average Bonchev–Trinajstić information content (AvgIpc) is 3.08. The van der Waals surface area contributed by atoms with Crippen LogP contribution in [-0.2, 0) is 21.4 Å². The van der Waals surface area contributed by atoms with Crippen LogP contribution in [0.3, 0.4) is 0 Å². The Bertz CT molecular complexity index is 1160. The number of thioether (sulfide) groups is 1. The minimum Gasteiger partial charge on any atom is -0.325 e. The Balaban J connectivity index is 1.64. The molecular weight excluding hydrogens is 438 g/mol. The lowest BCUT2D eigenvalue weighted by atomic mass is 10.3. The van der Waals surface area contributed by atoms with Gasteiger partial charge in [0.1, 0.15) is 5.82 Å². The summed E-state index contributed by atoms with van der Waals surface area (Å²) in [4.78, 5) is 20.3. The molecule has 1 unspecified atom stereocenters. The molecule has 0 aliphatic carbocycles. The first kappa shape index (κ1) is 22.4. The Morgan fingerprint density at radius 3 is 2.55 bits per heavy atom. The Morgan fingerprint density at radius 1 is 1.23 bits per heavy atom. The van der Waals surface area contributed by atoms with Crippen molar-refractivity contribution in [3.63, 3.8) is 0 Å². The maximum Gasteiger partial charge on any atom is 0.264 e. The zero-order valence-electron chi connectivity index (χ0n) is 16.9. The van der Waals surface area contributed by atoms with Gasteiger partial charge in [-0.3, -0.25) is 4.79 Å². The highest BCUT2D eigenvalue weighted by Crippen LogP contribution is 2.24. The molecule has 0 aliphatic rings. The molecule has 162 valence electrons. The van der Waals surface area contributed by atoms with E-state index in [2.05, 4.69) is 36.8 Å². The molecule has 1 amide bonds. The van der Waals surface area contributed by atoms with Crippen LogP contribution < -0.4 is 10.0 Å². The van der Waals surface area contributed by atoms with Crippen LogP contribution in [0.5, 0.6) is 0 Å². The van der Waals surface area contributed by atoms with Gasteiger partial charge in [0.2, 0.25) is 11.9 Å². The number of nitrogens with one attached hydrogen (secondary N) is 2. The SMILES string of the molecule is C=CCn1c(C)nnc1SC(C)C(=O)Nc1ccc(S(=O)(=O)Nc2ncccn2)cc1. The van der Waals surface area contributed by atoms with Crippen molar-refractivity contribution in [2.45, 2.75) is 35.7 Å². The largest absolute Gasteiger partial charge is 0.325 e. The number of rotatable bonds is 9. The number of hydrogen-bond acceptors (Lipinski definition) is 8. The summed E-state index contributed by atoms with van der Waals surface area (Å²) in [5.74, 6) is 0.466. The Morgan fingerprint density at radius 2 is 1.90 bits per heavy atom. The first-order chi connectivity index (χ1) is 14.8. The molecule has 3 rings (SSSR count). The van der Waals surface area contributed by atoms with Crippen molar-refractivity contribution in [2.75, 3.05) is 10.0 Å². The van der Waals surface area contributed by atoms with Crippen LogP contribution in [-0.4, -0.2) is 44.3 Å². The lowest BCUT2D eigenvalue weighted by molar-refractivity contribution is -0.115. The van der Waals surface area contributed by atoms with Gasteiger partial charge in [-0.1, -0.05) is 17.8 Å². The average molecular weight is 460 g/mol. The van der Waals surface area contributed by atoms with Gasteiger partial charge in [0.25, 0.3) is 10.0 Å². The van der Waals surface area contributed by atoms with E-state index in [1.165, 1.54) is 48.4 Å². The van der Waals surface area contributed by atoms with Gasteiger partial charge in [-0.2, -0.15) is 0 Å². The first-order valence-corrected chi connectivity index (χ1v) is 11.5. The van der Waals surface area contributed by atoms with Crippen molar-refractivity contribution in [1.29, 1.82) is 0 Å². The molecule has 31 heavy (non-hydrogen) atoms. The highest BCUT2D eigenvalue weighted by Gasteiger charge is 2.20. The number of amides is 1. The number of nitrogens with zero attached hydrogens (tertiary/aromatic N) is 5. The van der Waals surface area contributed by atoms with Gasteiger partial charge < -0.3 is 9.88 Å². The predicted molar refractivity (Wildman–Crippen MR) is 118 cm³/mol. The van der Waals surface area contributed by atoms with E-state index in [9.17, 15) is 13.2 Å². The van der Waals surface area contributed by atoms with Gasteiger partial charge in [-0.25, -0.2) is 23.1 Å². The van der Waals surface area contributed by atoms with Gasteiger partial charge in [0.05, 0.1) is 10.1 Å². The van der Waals surface area contributed by atoms with E-state index in [4.69, 9.17) is 0 Å². The third-order valence-electron chi connectivity index (χ3n) is 4.09. The van der Waals surface area contributed by atoms with E-state index < -0.39 is 15.3 Å². The zero-order valence-corrected chi connectivity index (χ0v) is 18.5. The Hall–Kier alpha value is -3.25. The molecule has 0 saturated carbocycles. The lowest BCUT2D eigenvalue weighted by Crippen LogP contribution is -2.23. The molecule has 2 N–H and O–H groups in total. The number of hydrogen-bond donors (Lipinski definition) is 2. The maximum atomic E-state index is 12.6. The second-order valence-electron chi connectivity index (χ2n) is 6.38. The molecule has 0 saturated heterocycles. The molecule has 1 atom stereocenters. The molecule has 2 heterocycles.